The summed E-state index contributed by atoms with van der Waals surface area (Å²) in [5, 5.41) is 8.79. The van der Waals surface area contributed by atoms with Crippen molar-refractivity contribution in [2.75, 3.05) is 19.7 Å². The highest BCUT2D eigenvalue weighted by Crippen LogP contribution is 2.24. The molecule has 7 nitrogen and oxygen atoms in total. The average molecular weight is 338 g/mol. The molecule has 2 aromatic heterocycles. The zero-order valence-corrected chi connectivity index (χ0v) is 14.1. The Hall–Kier alpha value is -2.80. The van der Waals surface area contributed by atoms with Crippen LogP contribution in [0.3, 0.4) is 0 Å². The van der Waals surface area contributed by atoms with Crippen molar-refractivity contribution in [3.63, 3.8) is 0 Å². The lowest BCUT2D eigenvalue weighted by molar-refractivity contribution is -0.0348. The summed E-state index contributed by atoms with van der Waals surface area (Å²) < 4.78 is 11.1. The van der Waals surface area contributed by atoms with Crippen LogP contribution in [0, 0.1) is 13.8 Å². The third-order valence-corrected chi connectivity index (χ3v) is 4.26. The SMILES string of the molecule is Cc1ccc2cccc(C(=O)N3CCOC(c4nnc(C)o4)C3)c2n1. The number of benzene rings is 1. The standard InChI is InChI=1S/C18H18N4O3/c1-11-6-7-13-4-3-5-14(16(13)19-11)18(23)22-8-9-24-15(10-22)17-21-20-12(2)25-17/h3-7,15H,8-10H2,1-2H3. The Kier molecular flexibility index (Phi) is 3.93. The van der Waals surface area contributed by atoms with Gasteiger partial charge in [-0.1, -0.05) is 18.2 Å². The molecule has 3 aromatic rings. The minimum atomic E-state index is -0.399. The number of para-hydroxylation sites is 1. The van der Waals surface area contributed by atoms with Crippen molar-refractivity contribution in [3.8, 4) is 0 Å². The molecule has 0 spiro atoms. The van der Waals surface area contributed by atoms with E-state index in [9.17, 15) is 4.79 Å². The number of carbonyl (C=O) groups excluding carboxylic acids is 1. The molecule has 0 aliphatic carbocycles. The van der Waals surface area contributed by atoms with E-state index in [-0.39, 0.29) is 5.91 Å². The molecule has 25 heavy (non-hydrogen) atoms. The summed E-state index contributed by atoms with van der Waals surface area (Å²) >= 11 is 0. The number of rotatable bonds is 2. The number of nitrogens with zero attached hydrogens (tertiary/aromatic N) is 4. The maximum Gasteiger partial charge on any atom is 0.256 e. The number of fused-ring (bicyclic) bond motifs is 1. The Balaban J connectivity index is 1.63. The Morgan fingerprint density at radius 2 is 2.08 bits per heavy atom. The van der Waals surface area contributed by atoms with E-state index in [1.807, 2.05) is 37.3 Å². The highest BCUT2D eigenvalue weighted by Gasteiger charge is 2.30. The van der Waals surface area contributed by atoms with Gasteiger partial charge in [0, 0.05) is 24.5 Å². The second kappa shape index (κ2) is 6.25. The van der Waals surface area contributed by atoms with E-state index in [1.54, 1.807) is 11.8 Å². The van der Waals surface area contributed by atoms with E-state index in [2.05, 4.69) is 15.2 Å². The molecule has 1 unspecified atom stereocenters. The number of carbonyl (C=O) groups is 1. The Morgan fingerprint density at radius 3 is 2.88 bits per heavy atom. The summed E-state index contributed by atoms with van der Waals surface area (Å²) in [4.78, 5) is 19.4. The van der Waals surface area contributed by atoms with E-state index in [1.165, 1.54) is 0 Å². The molecule has 3 heterocycles. The minimum Gasteiger partial charge on any atom is -0.423 e. The molecule has 7 heteroatoms. The number of aryl methyl sites for hydroxylation is 2. The number of aromatic nitrogens is 3. The number of morpholine rings is 1. The van der Waals surface area contributed by atoms with Gasteiger partial charge in [0.15, 0.2) is 6.10 Å². The van der Waals surface area contributed by atoms with Gasteiger partial charge < -0.3 is 14.1 Å². The van der Waals surface area contributed by atoms with Crippen LogP contribution in [0.2, 0.25) is 0 Å². The van der Waals surface area contributed by atoms with Gasteiger partial charge >= 0.3 is 0 Å². The van der Waals surface area contributed by atoms with Crippen LogP contribution in [0.4, 0.5) is 0 Å². The lowest BCUT2D eigenvalue weighted by atomic mass is 10.1. The van der Waals surface area contributed by atoms with Crippen LogP contribution in [-0.4, -0.2) is 45.7 Å². The van der Waals surface area contributed by atoms with E-state index < -0.39 is 6.10 Å². The lowest BCUT2D eigenvalue weighted by Gasteiger charge is -2.31. The molecule has 1 atom stereocenters. The predicted octanol–water partition coefficient (Wildman–Crippen LogP) is 2.45. The second-order valence-corrected chi connectivity index (χ2v) is 6.10. The molecular weight excluding hydrogens is 320 g/mol. The molecule has 4 rings (SSSR count). The van der Waals surface area contributed by atoms with Crippen LogP contribution in [-0.2, 0) is 4.74 Å². The van der Waals surface area contributed by atoms with Crippen LogP contribution < -0.4 is 0 Å². The topological polar surface area (TPSA) is 81.4 Å². The molecule has 1 aliphatic heterocycles. The van der Waals surface area contributed by atoms with Gasteiger partial charge in [-0.2, -0.15) is 0 Å². The maximum atomic E-state index is 13.1. The first kappa shape index (κ1) is 15.7. The predicted molar refractivity (Wildman–Crippen MR) is 90.1 cm³/mol. The average Bonchev–Trinajstić information content (AvgIpc) is 3.07. The molecule has 1 aliphatic rings. The fourth-order valence-electron chi connectivity index (χ4n) is 3.01. The number of hydrogen-bond acceptors (Lipinski definition) is 6. The Bertz CT molecular complexity index is 937. The van der Waals surface area contributed by atoms with Gasteiger partial charge in [0.25, 0.3) is 5.91 Å². The van der Waals surface area contributed by atoms with Crippen LogP contribution in [0.5, 0.6) is 0 Å². The van der Waals surface area contributed by atoms with Crippen molar-refractivity contribution in [3.05, 3.63) is 53.4 Å². The van der Waals surface area contributed by atoms with Crippen LogP contribution in [0.25, 0.3) is 10.9 Å². The summed E-state index contributed by atoms with van der Waals surface area (Å²) in [7, 11) is 0. The highest BCUT2D eigenvalue weighted by molar-refractivity contribution is 6.05. The van der Waals surface area contributed by atoms with Crippen molar-refractivity contribution in [2.24, 2.45) is 0 Å². The monoisotopic (exact) mass is 338 g/mol. The van der Waals surface area contributed by atoms with Crippen LogP contribution in [0.1, 0.15) is 33.9 Å². The van der Waals surface area contributed by atoms with E-state index >= 15 is 0 Å². The van der Waals surface area contributed by atoms with Crippen molar-refractivity contribution >= 4 is 16.8 Å². The van der Waals surface area contributed by atoms with Crippen molar-refractivity contribution < 1.29 is 13.9 Å². The van der Waals surface area contributed by atoms with Gasteiger partial charge in [-0.3, -0.25) is 9.78 Å². The van der Waals surface area contributed by atoms with E-state index in [0.29, 0.717) is 37.0 Å². The van der Waals surface area contributed by atoms with Gasteiger partial charge in [-0.15, -0.1) is 10.2 Å². The molecule has 1 saturated heterocycles. The zero-order chi connectivity index (χ0) is 17.4. The molecular formula is C18H18N4O3. The summed E-state index contributed by atoms with van der Waals surface area (Å²) in [5.74, 6) is 0.825. The quantitative estimate of drug-likeness (QED) is 0.714. The number of pyridine rings is 1. The molecule has 0 radical (unpaired) electrons. The summed E-state index contributed by atoms with van der Waals surface area (Å²) in [5.41, 5.74) is 2.21. The van der Waals surface area contributed by atoms with Crippen molar-refractivity contribution in [1.29, 1.82) is 0 Å². The largest absolute Gasteiger partial charge is 0.423 e. The summed E-state index contributed by atoms with van der Waals surface area (Å²) in [6, 6.07) is 9.59. The maximum absolute atomic E-state index is 13.1. The van der Waals surface area contributed by atoms with Gasteiger partial charge in [0.05, 0.1) is 24.2 Å². The molecule has 1 amide bonds. The number of hydrogen-bond donors (Lipinski definition) is 0. The van der Waals surface area contributed by atoms with Gasteiger partial charge in [-0.25, -0.2) is 0 Å². The third-order valence-electron chi connectivity index (χ3n) is 4.26. The molecule has 1 aromatic carbocycles. The van der Waals surface area contributed by atoms with Gasteiger partial charge in [-0.05, 0) is 19.1 Å². The first-order valence-electron chi connectivity index (χ1n) is 8.19. The van der Waals surface area contributed by atoms with Crippen LogP contribution in [0.15, 0.2) is 34.7 Å². The number of amides is 1. The van der Waals surface area contributed by atoms with Crippen LogP contribution >= 0.6 is 0 Å². The molecule has 1 fully saturated rings. The van der Waals surface area contributed by atoms with Crippen molar-refractivity contribution in [2.45, 2.75) is 20.0 Å². The fourth-order valence-corrected chi connectivity index (χ4v) is 3.01. The molecule has 0 N–H and O–H groups in total. The van der Waals surface area contributed by atoms with E-state index in [4.69, 9.17) is 9.15 Å². The minimum absolute atomic E-state index is 0.0618. The van der Waals surface area contributed by atoms with Gasteiger partial charge in [0.1, 0.15) is 0 Å². The first-order chi connectivity index (χ1) is 12.1. The zero-order valence-electron chi connectivity index (χ0n) is 14.1. The Morgan fingerprint density at radius 1 is 1.20 bits per heavy atom. The summed E-state index contributed by atoms with van der Waals surface area (Å²) in [6.07, 6.45) is -0.399. The summed E-state index contributed by atoms with van der Waals surface area (Å²) in [6.45, 7) is 4.97. The third kappa shape index (κ3) is 2.98. The highest BCUT2D eigenvalue weighted by atomic mass is 16.5. The van der Waals surface area contributed by atoms with Gasteiger partial charge in [0.2, 0.25) is 11.8 Å². The number of ether oxygens (including phenoxy) is 1. The fraction of sp³-hybridized carbons (Fsp3) is 0.333. The normalized spacial score (nSPS) is 17.8. The molecule has 128 valence electrons. The molecule has 0 saturated carbocycles. The Labute approximate surface area is 144 Å². The second-order valence-electron chi connectivity index (χ2n) is 6.10. The van der Waals surface area contributed by atoms with Crippen molar-refractivity contribution in [1.82, 2.24) is 20.1 Å². The smallest absolute Gasteiger partial charge is 0.256 e. The first-order valence-corrected chi connectivity index (χ1v) is 8.19. The lowest BCUT2D eigenvalue weighted by Crippen LogP contribution is -2.42. The molecule has 0 bridgehead atoms. The van der Waals surface area contributed by atoms with E-state index in [0.717, 1.165) is 16.6 Å².